The number of nitrogens with one attached hydrogen (secondary N) is 1. The minimum absolute atomic E-state index is 0.113. The SMILES string of the molecule is CCc1nc(C(=O)NCC(C)C)no1. The van der Waals surface area contributed by atoms with Gasteiger partial charge < -0.3 is 9.84 Å². The van der Waals surface area contributed by atoms with Crippen LogP contribution in [0.3, 0.4) is 0 Å². The van der Waals surface area contributed by atoms with Crippen LogP contribution in [0.5, 0.6) is 0 Å². The largest absolute Gasteiger partial charge is 0.349 e. The fourth-order valence-electron chi connectivity index (χ4n) is 0.867. The summed E-state index contributed by atoms with van der Waals surface area (Å²) in [6.07, 6.45) is 0.643. The summed E-state index contributed by atoms with van der Waals surface area (Å²) >= 11 is 0. The molecule has 0 unspecified atom stereocenters. The van der Waals surface area contributed by atoms with Gasteiger partial charge in [0.15, 0.2) is 0 Å². The van der Waals surface area contributed by atoms with Crippen LogP contribution in [-0.2, 0) is 6.42 Å². The van der Waals surface area contributed by atoms with E-state index in [0.29, 0.717) is 24.8 Å². The minimum Gasteiger partial charge on any atom is -0.349 e. The molecule has 1 rings (SSSR count). The normalized spacial score (nSPS) is 10.6. The van der Waals surface area contributed by atoms with Crippen molar-refractivity contribution in [2.45, 2.75) is 27.2 Å². The third-order valence-corrected chi connectivity index (χ3v) is 1.64. The van der Waals surface area contributed by atoms with E-state index in [0.717, 1.165) is 0 Å². The topological polar surface area (TPSA) is 68.0 Å². The van der Waals surface area contributed by atoms with Gasteiger partial charge in [-0.15, -0.1) is 0 Å². The monoisotopic (exact) mass is 197 g/mol. The first kappa shape index (κ1) is 10.7. The zero-order valence-electron chi connectivity index (χ0n) is 8.70. The predicted octanol–water partition coefficient (Wildman–Crippen LogP) is 1.02. The van der Waals surface area contributed by atoms with Gasteiger partial charge in [-0.2, -0.15) is 4.98 Å². The van der Waals surface area contributed by atoms with Gasteiger partial charge in [-0.1, -0.05) is 25.9 Å². The Balaban J connectivity index is 2.52. The number of carbonyl (C=O) groups is 1. The third-order valence-electron chi connectivity index (χ3n) is 1.64. The molecule has 1 amide bonds. The number of hydrogen-bond donors (Lipinski definition) is 1. The summed E-state index contributed by atoms with van der Waals surface area (Å²) in [6.45, 7) is 6.56. The summed E-state index contributed by atoms with van der Waals surface area (Å²) in [7, 11) is 0. The molecule has 0 saturated heterocycles. The first-order valence-corrected chi connectivity index (χ1v) is 4.74. The molecule has 0 aliphatic rings. The van der Waals surface area contributed by atoms with E-state index >= 15 is 0 Å². The summed E-state index contributed by atoms with van der Waals surface area (Å²) in [4.78, 5) is 15.3. The molecule has 14 heavy (non-hydrogen) atoms. The van der Waals surface area contributed by atoms with Crippen molar-refractivity contribution in [2.24, 2.45) is 5.92 Å². The number of amides is 1. The van der Waals surface area contributed by atoms with Gasteiger partial charge in [0, 0.05) is 13.0 Å². The predicted molar refractivity (Wildman–Crippen MR) is 50.8 cm³/mol. The average Bonchev–Trinajstić information content (AvgIpc) is 2.62. The van der Waals surface area contributed by atoms with Crippen LogP contribution in [-0.4, -0.2) is 22.6 Å². The van der Waals surface area contributed by atoms with Gasteiger partial charge in [0.25, 0.3) is 11.7 Å². The third kappa shape index (κ3) is 2.83. The molecule has 0 bridgehead atoms. The van der Waals surface area contributed by atoms with Gasteiger partial charge in [-0.3, -0.25) is 4.79 Å². The first-order chi connectivity index (χ1) is 6.63. The fourth-order valence-corrected chi connectivity index (χ4v) is 0.867. The van der Waals surface area contributed by atoms with Crippen LogP contribution < -0.4 is 5.32 Å². The van der Waals surface area contributed by atoms with Crippen LogP contribution >= 0.6 is 0 Å². The molecule has 0 radical (unpaired) electrons. The molecule has 0 spiro atoms. The molecule has 0 aromatic carbocycles. The summed E-state index contributed by atoms with van der Waals surface area (Å²) in [5.74, 6) is 0.737. The molecule has 0 aliphatic carbocycles. The Bertz CT molecular complexity index is 307. The first-order valence-electron chi connectivity index (χ1n) is 4.74. The molecular weight excluding hydrogens is 182 g/mol. The number of nitrogens with zero attached hydrogens (tertiary/aromatic N) is 2. The molecule has 0 aliphatic heterocycles. The fraction of sp³-hybridized carbons (Fsp3) is 0.667. The molecule has 1 aromatic heterocycles. The second kappa shape index (κ2) is 4.74. The lowest BCUT2D eigenvalue weighted by Gasteiger charge is -2.03. The number of aryl methyl sites for hydroxylation is 1. The van der Waals surface area contributed by atoms with Crippen LogP contribution in [0.4, 0.5) is 0 Å². The average molecular weight is 197 g/mol. The van der Waals surface area contributed by atoms with Crippen molar-refractivity contribution in [1.82, 2.24) is 15.5 Å². The van der Waals surface area contributed by atoms with E-state index < -0.39 is 0 Å². The highest BCUT2D eigenvalue weighted by atomic mass is 16.5. The van der Waals surface area contributed by atoms with Gasteiger partial charge in [0.1, 0.15) is 0 Å². The van der Waals surface area contributed by atoms with E-state index in [9.17, 15) is 4.79 Å². The second-order valence-corrected chi connectivity index (χ2v) is 3.47. The Kier molecular flexibility index (Phi) is 3.62. The van der Waals surface area contributed by atoms with Crippen LogP contribution in [0, 0.1) is 5.92 Å². The quantitative estimate of drug-likeness (QED) is 0.782. The van der Waals surface area contributed by atoms with Crippen molar-refractivity contribution in [3.63, 3.8) is 0 Å². The van der Waals surface area contributed by atoms with Gasteiger partial charge in [-0.25, -0.2) is 0 Å². The molecule has 5 nitrogen and oxygen atoms in total. The maximum atomic E-state index is 11.4. The molecular formula is C9H15N3O2. The molecule has 5 heteroatoms. The molecule has 1 heterocycles. The summed E-state index contributed by atoms with van der Waals surface area (Å²) in [5.41, 5.74) is 0. The Morgan fingerprint density at radius 2 is 2.29 bits per heavy atom. The van der Waals surface area contributed by atoms with E-state index in [1.165, 1.54) is 0 Å². The van der Waals surface area contributed by atoms with Crippen molar-refractivity contribution in [3.8, 4) is 0 Å². The minimum atomic E-state index is -0.276. The van der Waals surface area contributed by atoms with Crippen LogP contribution in [0.25, 0.3) is 0 Å². The highest BCUT2D eigenvalue weighted by Gasteiger charge is 2.13. The zero-order valence-corrected chi connectivity index (χ0v) is 8.70. The van der Waals surface area contributed by atoms with E-state index in [2.05, 4.69) is 15.5 Å². The van der Waals surface area contributed by atoms with Gasteiger partial charge in [-0.05, 0) is 5.92 Å². The lowest BCUT2D eigenvalue weighted by atomic mass is 10.2. The van der Waals surface area contributed by atoms with Crippen molar-refractivity contribution in [1.29, 1.82) is 0 Å². The number of carbonyl (C=O) groups excluding carboxylic acids is 1. The molecule has 1 N–H and O–H groups in total. The van der Waals surface area contributed by atoms with Crippen LogP contribution in [0.1, 0.15) is 37.3 Å². The Morgan fingerprint density at radius 1 is 1.57 bits per heavy atom. The maximum absolute atomic E-state index is 11.4. The second-order valence-electron chi connectivity index (χ2n) is 3.47. The standard InChI is InChI=1S/C9H15N3O2/c1-4-7-11-8(12-14-7)9(13)10-5-6(2)3/h6H,4-5H2,1-3H3,(H,10,13). The Labute approximate surface area is 82.9 Å². The van der Waals surface area contributed by atoms with Gasteiger partial charge in [0.05, 0.1) is 0 Å². The molecule has 78 valence electrons. The van der Waals surface area contributed by atoms with E-state index in [4.69, 9.17) is 4.52 Å². The van der Waals surface area contributed by atoms with Crippen molar-refractivity contribution >= 4 is 5.91 Å². The van der Waals surface area contributed by atoms with Gasteiger partial charge >= 0.3 is 0 Å². The van der Waals surface area contributed by atoms with E-state index in [-0.39, 0.29) is 11.7 Å². The summed E-state index contributed by atoms with van der Waals surface area (Å²) in [6, 6.07) is 0. The molecule has 0 saturated carbocycles. The van der Waals surface area contributed by atoms with Crippen LogP contribution in [0.2, 0.25) is 0 Å². The van der Waals surface area contributed by atoms with Crippen molar-refractivity contribution in [3.05, 3.63) is 11.7 Å². The molecule has 0 atom stereocenters. The highest BCUT2D eigenvalue weighted by Crippen LogP contribution is 1.98. The molecule has 1 aromatic rings. The van der Waals surface area contributed by atoms with E-state index in [1.807, 2.05) is 20.8 Å². The Morgan fingerprint density at radius 3 is 2.79 bits per heavy atom. The summed E-state index contributed by atoms with van der Waals surface area (Å²) < 4.78 is 4.82. The number of rotatable bonds is 4. The number of hydrogen-bond acceptors (Lipinski definition) is 4. The van der Waals surface area contributed by atoms with Gasteiger partial charge in [0.2, 0.25) is 5.89 Å². The maximum Gasteiger partial charge on any atom is 0.292 e. The smallest absolute Gasteiger partial charge is 0.292 e. The van der Waals surface area contributed by atoms with Crippen molar-refractivity contribution < 1.29 is 9.32 Å². The van der Waals surface area contributed by atoms with E-state index in [1.54, 1.807) is 0 Å². The lowest BCUT2D eigenvalue weighted by molar-refractivity contribution is 0.0935. The zero-order chi connectivity index (χ0) is 10.6. The lowest BCUT2D eigenvalue weighted by Crippen LogP contribution is -2.28. The Hall–Kier alpha value is -1.39. The van der Waals surface area contributed by atoms with Crippen molar-refractivity contribution in [2.75, 3.05) is 6.54 Å². The molecule has 0 fully saturated rings. The van der Waals surface area contributed by atoms with Crippen LogP contribution in [0.15, 0.2) is 4.52 Å². The highest BCUT2D eigenvalue weighted by molar-refractivity contribution is 5.90. The summed E-state index contributed by atoms with van der Waals surface area (Å²) in [5, 5.41) is 6.28. The number of aromatic nitrogens is 2.